The van der Waals surface area contributed by atoms with Crippen LogP contribution in [0.3, 0.4) is 0 Å². The predicted molar refractivity (Wildman–Crippen MR) is 113 cm³/mol. The standard InChI is InChI=1S/C20H18N4O5S2/c21-17(26)11-3-5-23(6-4-11)9-12-10-31-19-15(18(27)24(19)16(12)20(28)29)22-14(25)8-13-2-1-7-30-13/h1-7,15,19H,8-10H2,(H3-,21,22,25,26,28,29)/p+1/t15-,19-/m1/s1. The first-order valence-corrected chi connectivity index (χ1v) is 11.3. The van der Waals surface area contributed by atoms with Gasteiger partial charge in [0.25, 0.3) is 5.91 Å². The molecule has 1 saturated heterocycles. The van der Waals surface area contributed by atoms with E-state index >= 15 is 0 Å². The number of nitrogens with two attached hydrogens (primary N) is 1. The van der Waals surface area contributed by atoms with Crippen molar-refractivity contribution in [1.29, 1.82) is 0 Å². The number of thioether (sulfide) groups is 1. The first-order chi connectivity index (χ1) is 14.8. The monoisotopic (exact) mass is 459 g/mol. The second kappa shape index (κ2) is 8.52. The van der Waals surface area contributed by atoms with Gasteiger partial charge in [0, 0.05) is 28.3 Å². The molecule has 3 amide bonds. The van der Waals surface area contributed by atoms with E-state index in [-0.39, 0.29) is 24.6 Å². The van der Waals surface area contributed by atoms with Crippen molar-refractivity contribution < 1.29 is 28.9 Å². The van der Waals surface area contributed by atoms with Gasteiger partial charge in [-0.25, -0.2) is 9.36 Å². The molecule has 0 bridgehead atoms. The normalized spacial score (nSPS) is 20.1. The first-order valence-electron chi connectivity index (χ1n) is 9.36. The number of aromatic nitrogens is 1. The largest absolute Gasteiger partial charge is 0.477 e. The molecule has 9 nitrogen and oxygen atoms in total. The van der Waals surface area contributed by atoms with Crippen LogP contribution in [0.25, 0.3) is 0 Å². The molecule has 0 aliphatic carbocycles. The third-order valence-electron chi connectivity index (χ3n) is 5.03. The van der Waals surface area contributed by atoms with Crippen molar-refractivity contribution in [3.63, 3.8) is 0 Å². The first kappa shape index (κ1) is 21.1. The van der Waals surface area contributed by atoms with Crippen LogP contribution >= 0.6 is 23.1 Å². The van der Waals surface area contributed by atoms with E-state index in [1.54, 1.807) is 29.1 Å². The Hall–Kier alpha value is -3.18. The average molecular weight is 460 g/mol. The van der Waals surface area contributed by atoms with Crippen LogP contribution in [0, 0.1) is 0 Å². The Balaban J connectivity index is 1.48. The number of carbonyl (C=O) groups is 4. The van der Waals surface area contributed by atoms with Crippen LogP contribution in [0.2, 0.25) is 0 Å². The highest BCUT2D eigenvalue weighted by Crippen LogP contribution is 2.40. The van der Waals surface area contributed by atoms with Crippen molar-refractivity contribution in [2.24, 2.45) is 5.73 Å². The Morgan fingerprint density at radius 1 is 1.26 bits per heavy atom. The number of thiophene rings is 1. The van der Waals surface area contributed by atoms with Gasteiger partial charge >= 0.3 is 5.97 Å². The molecular weight excluding hydrogens is 440 g/mol. The molecule has 4 heterocycles. The molecule has 0 aromatic carbocycles. The zero-order chi connectivity index (χ0) is 22.1. The second-order valence-electron chi connectivity index (χ2n) is 7.09. The number of aliphatic carboxylic acids is 1. The van der Waals surface area contributed by atoms with E-state index in [1.165, 1.54) is 28.0 Å². The van der Waals surface area contributed by atoms with Gasteiger partial charge in [-0.05, 0) is 11.4 Å². The maximum atomic E-state index is 12.7. The van der Waals surface area contributed by atoms with Crippen LogP contribution in [0.5, 0.6) is 0 Å². The summed E-state index contributed by atoms with van der Waals surface area (Å²) in [5.41, 5.74) is 6.11. The minimum atomic E-state index is -1.19. The number of fused-ring (bicyclic) bond motifs is 1. The highest BCUT2D eigenvalue weighted by molar-refractivity contribution is 8.00. The van der Waals surface area contributed by atoms with Gasteiger partial charge in [-0.15, -0.1) is 23.1 Å². The molecule has 2 aromatic heterocycles. The van der Waals surface area contributed by atoms with Crippen LogP contribution < -0.4 is 15.6 Å². The number of pyridine rings is 1. The molecule has 31 heavy (non-hydrogen) atoms. The Labute approximate surface area is 185 Å². The lowest BCUT2D eigenvalue weighted by molar-refractivity contribution is -0.689. The van der Waals surface area contributed by atoms with Crippen molar-refractivity contribution in [2.75, 3.05) is 5.75 Å². The number of carboxylic acids is 1. The van der Waals surface area contributed by atoms with E-state index < -0.39 is 29.2 Å². The van der Waals surface area contributed by atoms with Crippen LogP contribution in [0.15, 0.2) is 53.3 Å². The molecule has 11 heteroatoms. The number of hydrogen-bond acceptors (Lipinski definition) is 6. The summed E-state index contributed by atoms with van der Waals surface area (Å²) in [6.07, 6.45) is 3.45. The van der Waals surface area contributed by atoms with E-state index in [0.717, 1.165) is 4.88 Å². The van der Waals surface area contributed by atoms with Gasteiger partial charge in [-0.2, -0.15) is 0 Å². The Bertz CT molecular complexity index is 1080. The molecule has 160 valence electrons. The number of rotatable bonds is 7. The van der Waals surface area contributed by atoms with Crippen molar-refractivity contribution in [1.82, 2.24) is 10.2 Å². The van der Waals surface area contributed by atoms with Crippen LogP contribution in [0.4, 0.5) is 0 Å². The lowest BCUT2D eigenvalue weighted by Crippen LogP contribution is -2.70. The molecule has 0 saturated carbocycles. The van der Waals surface area contributed by atoms with Crippen molar-refractivity contribution in [2.45, 2.75) is 24.4 Å². The van der Waals surface area contributed by atoms with E-state index in [2.05, 4.69) is 5.32 Å². The molecule has 2 atom stereocenters. The fourth-order valence-electron chi connectivity index (χ4n) is 3.55. The molecule has 0 spiro atoms. The molecule has 4 N–H and O–H groups in total. The summed E-state index contributed by atoms with van der Waals surface area (Å²) in [7, 11) is 0. The number of nitrogens with zero attached hydrogens (tertiary/aromatic N) is 2. The number of carbonyl (C=O) groups excluding carboxylic acids is 3. The Morgan fingerprint density at radius 3 is 2.61 bits per heavy atom. The average Bonchev–Trinajstić information content (AvgIpc) is 3.24. The fourth-order valence-corrected chi connectivity index (χ4v) is 5.59. The maximum Gasteiger partial charge on any atom is 0.352 e. The molecule has 1 fully saturated rings. The van der Waals surface area contributed by atoms with Gasteiger partial charge in [0.2, 0.25) is 11.8 Å². The van der Waals surface area contributed by atoms with Gasteiger partial charge in [0.05, 0.1) is 12.0 Å². The predicted octanol–water partition coefficient (Wildman–Crippen LogP) is 0.116. The van der Waals surface area contributed by atoms with Crippen molar-refractivity contribution in [3.05, 3.63) is 63.7 Å². The number of primary amides is 1. The molecular formula is C20H19N4O5S2+. The summed E-state index contributed by atoms with van der Waals surface area (Å²) in [6.45, 7) is 0.250. The Kier molecular flexibility index (Phi) is 5.79. The fraction of sp³-hybridized carbons (Fsp3) is 0.250. The summed E-state index contributed by atoms with van der Waals surface area (Å²) < 4.78 is 1.72. The number of nitrogens with one attached hydrogen (secondary N) is 1. The van der Waals surface area contributed by atoms with Crippen molar-refractivity contribution in [3.8, 4) is 0 Å². The van der Waals surface area contributed by atoms with Gasteiger partial charge in [-0.3, -0.25) is 19.3 Å². The van der Waals surface area contributed by atoms with Gasteiger partial charge in [0.15, 0.2) is 18.9 Å². The van der Waals surface area contributed by atoms with Crippen LogP contribution in [-0.2, 0) is 27.3 Å². The molecule has 2 aromatic rings. The molecule has 4 rings (SSSR count). The maximum absolute atomic E-state index is 12.7. The quantitative estimate of drug-likeness (QED) is 0.398. The summed E-state index contributed by atoms with van der Waals surface area (Å²) in [5.74, 6) is -2.03. The minimum absolute atomic E-state index is 0.0519. The second-order valence-corrected chi connectivity index (χ2v) is 9.23. The molecule has 0 radical (unpaired) electrons. The van der Waals surface area contributed by atoms with E-state index in [1.807, 2.05) is 17.5 Å². The number of β-lactam (4-membered cyclic amide) rings is 1. The summed E-state index contributed by atoms with van der Waals surface area (Å²) in [6, 6.07) is 6.06. The lowest BCUT2D eigenvalue weighted by atomic mass is 10.0. The SMILES string of the molecule is NC(=O)c1cc[n+](CC2=C(C(=O)O)N3C(=O)[C@@H](NC(=O)Cc4cccs4)[C@H]3SC2)cc1. The molecule has 2 aliphatic heterocycles. The summed E-state index contributed by atoms with van der Waals surface area (Å²) in [5, 5.41) is 13.9. The topological polar surface area (TPSA) is 134 Å². The van der Waals surface area contributed by atoms with Crippen molar-refractivity contribution >= 4 is 46.8 Å². The van der Waals surface area contributed by atoms with E-state index in [9.17, 15) is 24.3 Å². The van der Waals surface area contributed by atoms with Gasteiger partial charge < -0.3 is 16.2 Å². The summed E-state index contributed by atoms with van der Waals surface area (Å²) >= 11 is 2.88. The third-order valence-corrected chi connectivity index (χ3v) is 7.25. The Morgan fingerprint density at radius 2 is 2.00 bits per heavy atom. The zero-order valence-electron chi connectivity index (χ0n) is 16.2. The minimum Gasteiger partial charge on any atom is -0.477 e. The number of carboxylic acid groups (broad SMARTS) is 1. The van der Waals surface area contributed by atoms with E-state index in [0.29, 0.717) is 16.9 Å². The number of amides is 3. The lowest BCUT2D eigenvalue weighted by Gasteiger charge is -2.49. The van der Waals surface area contributed by atoms with E-state index in [4.69, 9.17) is 5.73 Å². The summed E-state index contributed by atoms with van der Waals surface area (Å²) in [4.78, 5) is 50.3. The molecule has 2 aliphatic rings. The van der Waals surface area contributed by atoms with Gasteiger partial charge in [0.1, 0.15) is 17.1 Å². The highest BCUT2D eigenvalue weighted by atomic mass is 32.2. The highest BCUT2D eigenvalue weighted by Gasteiger charge is 2.54. The molecule has 0 unspecified atom stereocenters. The zero-order valence-corrected chi connectivity index (χ0v) is 17.8. The smallest absolute Gasteiger partial charge is 0.352 e. The van der Waals surface area contributed by atoms with Crippen LogP contribution in [0.1, 0.15) is 15.2 Å². The van der Waals surface area contributed by atoms with Crippen LogP contribution in [-0.4, -0.2) is 50.9 Å². The third kappa shape index (κ3) is 4.19. The van der Waals surface area contributed by atoms with Gasteiger partial charge in [-0.1, -0.05) is 6.07 Å². The number of hydrogen-bond donors (Lipinski definition) is 3.